The number of fused-ring (bicyclic) bond motifs is 1. The summed E-state index contributed by atoms with van der Waals surface area (Å²) >= 11 is 0. The van der Waals surface area contributed by atoms with Crippen LogP contribution in [0, 0.1) is 25.7 Å². The SMILES string of the molecule is CC1=CC[C@H]2C(=O)N(c3ccc(OCC(=O)c4ccc(C)c(C)c4)cc3)C(=O)[C@H]2C1. The van der Waals surface area contributed by atoms with Crippen LogP contribution in [0.2, 0.25) is 0 Å². The number of ether oxygens (including phenoxy) is 1. The van der Waals surface area contributed by atoms with Crippen LogP contribution in [0.4, 0.5) is 5.69 Å². The first kappa shape index (κ1) is 20.1. The molecule has 0 N–H and O–H groups in total. The first-order valence-electron chi connectivity index (χ1n) is 10.2. The average Bonchev–Trinajstić information content (AvgIpc) is 2.98. The molecule has 1 aliphatic carbocycles. The number of amides is 2. The molecule has 2 aliphatic rings. The van der Waals surface area contributed by atoms with E-state index in [0.717, 1.165) is 16.7 Å². The number of carbonyl (C=O) groups is 3. The molecule has 1 aliphatic heterocycles. The standard InChI is InChI=1S/C25H25NO4/c1-15-4-11-21-22(12-15)25(29)26(24(21)28)19-7-9-20(10-8-19)30-14-23(27)18-6-5-16(2)17(3)13-18/h4-10,13,21-22H,11-12,14H2,1-3H3/t21-,22+/m1/s1. The molecule has 4 rings (SSSR count). The first-order chi connectivity index (χ1) is 14.3. The maximum Gasteiger partial charge on any atom is 0.238 e. The van der Waals surface area contributed by atoms with E-state index in [1.807, 2.05) is 32.9 Å². The summed E-state index contributed by atoms with van der Waals surface area (Å²) < 4.78 is 5.63. The molecule has 0 bridgehead atoms. The summed E-state index contributed by atoms with van der Waals surface area (Å²) in [5.41, 5.74) is 4.53. The van der Waals surface area contributed by atoms with E-state index in [1.165, 1.54) is 4.90 Å². The van der Waals surface area contributed by atoms with Crippen LogP contribution in [-0.2, 0) is 9.59 Å². The van der Waals surface area contributed by atoms with E-state index < -0.39 is 0 Å². The molecule has 1 fully saturated rings. The number of hydrogen-bond donors (Lipinski definition) is 0. The highest BCUT2D eigenvalue weighted by Crippen LogP contribution is 2.39. The zero-order valence-corrected chi connectivity index (χ0v) is 17.5. The zero-order chi connectivity index (χ0) is 21.4. The van der Waals surface area contributed by atoms with E-state index in [4.69, 9.17) is 4.74 Å². The number of hydrogen-bond acceptors (Lipinski definition) is 4. The van der Waals surface area contributed by atoms with Crippen molar-refractivity contribution >= 4 is 23.3 Å². The van der Waals surface area contributed by atoms with Crippen LogP contribution >= 0.6 is 0 Å². The number of rotatable bonds is 5. The van der Waals surface area contributed by atoms with Crippen LogP contribution in [0.15, 0.2) is 54.1 Å². The maximum absolute atomic E-state index is 12.8. The van der Waals surface area contributed by atoms with Crippen LogP contribution in [0.25, 0.3) is 0 Å². The van der Waals surface area contributed by atoms with Gasteiger partial charge in [0.05, 0.1) is 17.5 Å². The van der Waals surface area contributed by atoms with Gasteiger partial charge in [0.15, 0.2) is 12.4 Å². The van der Waals surface area contributed by atoms with Gasteiger partial charge in [0, 0.05) is 5.56 Å². The zero-order valence-electron chi connectivity index (χ0n) is 17.5. The molecule has 30 heavy (non-hydrogen) atoms. The van der Waals surface area contributed by atoms with Crippen LogP contribution in [0.3, 0.4) is 0 Å². The van der Waals surface area contributed by atoms with Crippen molar-refractivity contribution in [3.8, 4) is 5.75 Å². The predicted molar refractivity (Wildman–Crippen MR) is 115 cm³/mol. The Labute approximate surface area is 176 Å². The van der Waals surface area contributed by atoms with Crippen molar-refractivity contribution in [1.82, 2.24) is 0 Å². The Bertz CT molecular complexity index is 1050. The minimum Gasteiger partial charge on any atom is -0.485 e. The number of anilines is 1. The average molecular weight is 403 g/mol. The lowest BCUT2D eigenvalue weighted by molar-refractivity contribution is -0.122. The Kier molecular flexibility index (Phi) is 5.29. The van der Waals surface area contributed by atoms with Gasteiger partial charge in [0.1, 0.15) is 5.75 Å². The molecule has 1 heterocycles. The fourth-order valence-corrected chi connectivity index (χ4v) is 4.13. The molecule has 2 amide bonds. The molecule has 0 spiro atoms. The number of allylic oxidation sites excluding steroid dienone is 2. The molecule has 0 aromatic heterocycles. The second kappa shape index (κ2) is 7.90. The number of nitrogens with zero attached hydrogens (tertiary/aromatic N) is 1. The lowest BCUT2D eigenvalue weighted by Crippen LogP contribution is -2.30. The highest BCUT2D eigenvalue weighted by atomic mass is 16.5. The van der Waals surface area contributed by atoms with E-state index in [0.29, 0.717) is 29.8 Å². The third-order valence-electron chi connectivity index (χ3n) is 6.12. The Hall–Kier alpha value is -3.21. The quantitative estimate of drug-likeness (QED) is 0.421. The van der Waals surface area contributed by atoms with E-state index >= 15 is 0 Å². The lowest BCUT2D eigenvalue weighted by atomic mass is 9.82. The molecule has 5 heteroatoms. The monoisotopic (exact) mass is 403 g/mol. The van der Waals surface area contributed by atoms with Gasteiger partial charge in [-0.3, -0.25) is 19.3 Å². The van der Waals surface area contributed by atoms with Crippen molar-refractivity contribution in [2.24, 2.45) is 11.8 Å². The third-order valence-corrected chi connectivity index (χ3v) is 6.12. The highest BCUT2D eigenvalue weighted by molar-refractivity contribution is 6.22. The fourth-order valence-electron chi connectivity index (χ4n) is 4.13. The number of benzene rings is 2. The van der Waals surface area contributed by atoms with Crippen LogP contribution in [0.5, 0.6) is 5.75 Å². The van der Waals surface area contributed by atoms with Crippen molar-refractivity contribution in [1.29, 1.82) is 0 Å². The van der Waals surface area contributed by atoms with Crippen molar-refractivity contribution < 1.29 is 19.1 Å². The van der Waals surface area contributed by atoms with Crippen molar-refractivity contribution in [2.45, 2.75) is 33.6 Å². The minimum atomic E-state index is -0.257. The molecule has 0 radical (unpaired) electrons. The van der Waals surface area contributed by atoms with Gasteiger partial charge in [-0.2, -0.15) is 0 Å². The maximum atomic E-state index is 12.8. The van der Waals surface area contributed by atoms with Crippen molar-refractivity contribution in [2.75, 3.05) is 11.5 Å². The normalized spacial score (nSPS) is 20.8. The summed E-state index contributed by atoms with van der Waals surface area (Å²) in [6.45, 7) is 5.91. The molecule has 154 valence electrons. The van der Waals surface area contributed by atoms with Gasteiger partial charge in [0.25, 0.3) is 0 Å². The number of ketones is 1. The van der Waals surface area contributed by atoms with Gasteiger partial charge >= 0.3 is 0 Å². The predicted octanol–water partition coefficient (Wildman–Crippen LogP) is 4.41. The van der Waals surface area contributed by atoms with E-state index in [9.17, 15) is 14.4 Å². The minimum absolute atomic E-state index is 0.0709. The molecule has 0 unspecified atom stereocenters. The molecule has 2 aromatic rings. The molecular formula is C25H25NO4. The summed E-state index contributed by atoms with van der Waals surface area (Å²) in [4.78, 5) is 39.3. The highest BCUT2D eigenvalue weighted by Gasteiger charge is 2.48. The number of imide groups is 1. The van der Waals surface area contributed by atoms with Gasteiger partial charge < -0.3 is 4.74 Å². The second-order valence-corrected chi connectivity index (χ2v) is 8.22. The Balaban J connectivity index is 1.42. The van der Waals surface area contributed by atoms with Crippen LogP contribution in [0.1, 0.15) is 41.3 Å². The summed E-state index contributed by atoms with van der Waals surface area (Å²) in [6, 6.07) is 12.4. The number of aryl methyl sites for hydroxylation is 2. The van der Waals surface area contributed by atoms with E-state index in [2.05, 4.69) is 6.08 Å². The van der Waals surface area contributed by atoms with Gasteiger partial charge in [0.2, 0.25) is 11.8 Å². The number of Topliss-reactive ketones (excluding diaryl/α,β-unsaturated/α-hetero) is 1. The molecule has 5 nitrogen and oxygen atoms in total. The van der Waals surface area contributed by atoms with E-state index in [-0.39, 0.29) is 36.0 Å². The molecule has 0 saturated carbocycles. The third kappa shape index (κ3) is 3.67. The Morgan fingerprint density at radius 2 is 1.67 bits per heavy atom. The van der Waals surface area contributed by atoms with Crippen molar-refractivity contribution in [3.63, 3.8) is 0 Å². The Morgan fingerprint density at radius 1 is 0.967 bits per heavy atom. The second-order valence-electron chi connectivity index (χ2n) is 8.22. The largest absolute Gasteiger partial charge is 0.485 e. The molecule has 1 saturated heterocycles. The summed E-state index contributed by atoms with van der Waals surface area (Å²) in [5, 5.41) is 0. The number of carbonyl (C=O) groups excluding carboxylic acids is 3. The molecule has 2 atom stereocenters. The van der Waals surface area contributed by atoms with Gasteiger partial charge in [-0.15, -0.1) is 0 Å². The topological polar surface area (TPSA) is 63.7 Å². The van der Waals surface area contributed by atoms with Gasteiger partial charge in [-0.1, -0.05) is 23.8 Å². The van der Waals surface area contributed by atoms with Gasteiger partial charge in [-0.05, 0) is 75.1 Å². The Morgan fingerprint density at radius 3 is 2.37 bits per heavy atom. The summed E-state index contributed by atoms with van der Waals surface area (Å²) in [6.07, 6.45) is 3.33. The van der Waals surface area contributed by atoms with Crippen molar-refractivity contribution in [3.05, 3.63) is 70.8 Å². The first-order valence-corrected chi connectivity index (χ1v) is 10.2. The van der Waals surface area contributed by atoms with E-state index in [1.54, 1.807) is 30.3 Å². The molecule has 2 aromatic carbocycles. The van der Waals surface area contributed by atoms with Crippen LogP contribution < -0.4 is 9.64 Å². The lowest BCUT2D eigenvalue weighted by Gasteiger charge is -2.18. The smallest absolute Gasteiger partial charge is 0.238 e. The van der Waals surface area contributed by atoms with Gasteiger partial charge in [-0.25, -0.2) is 0 Å². The summed E-state index contributed by atoms with van der Waals surface area (Å²) in [5.74, 6) is -0.353. The summed E-state index contributed by atoms with van der Waals surface area (Å²) in [7, 11) is 0. The fraction of sp³-hybridized carbons (Fsp3) is 0.320. The van der Waals surface area contributed by atoms with Crippen LogP contribution in [-0.4, -0.2) is 24.2 Å². The molecular weight excluding hydrogens is 378 g/mol.